The number of anilines is 1. The number of hydrogen-bond donors (Lipinski definition) is 2. The van der Waals surface area contributed by atoms with Crippen LogP contribution in [-0.4, -0.2) is 17.0 Å². The van der Waals surface area contributed by atoms with Gasteiger partial charge in [-0.3, -0.25) is 9.59 Å². The van der Waals surface area contributed by atoms with E-state index in [0.717, 1.165) is 17.0 Å². The van der Waals surface area contributed by atoms with Gasteiger partial charge in [-0.25, -0.2) is 0 Å². The Morgan fingerprint density at radius 3 is 2.15 bits per heavy atom. The molecule has 0 heterocycles. The summed E-state index contributed by atoms with van der Waals surface area (Å²) in [4.78, 5) is 23.3. The topological polar surface area (TPSA) is 75.6 Å². The Balaban J connectivity index is 1.48. The zero-order valence-corrected chi connectivity index (χ0v) is 14.6. The second-order valence-electron chi connectivity index (χ2n) is 6.67. The van der Waals surface area contributed by atoms with Gasteiger partial charge < -0.3 is 15.2 Å². The van der Waals surface area contributed by atoms with E-state index in [-0.39, 0.29) is 17.7 Å². The molecule has 0 saturated heterocycles. The summed E-state index contributed by atoms with van der Waals surface area (Å²) in [6.45, 7) is 0.470. The van der Waals surface area contributed by atoms with Gasteiger partial charge in [-0.2, -0.15) is 0 Å². The van der Waals surface area contributed by atoms with Crippen molar-refractivity contribution in [1.29, 1.82) is 0 Å². The number of carboxylic acid groups (broad SMARTS) is 1. The first-order valence-electron chi connectivity index (χ1n) is 8.92. The van der Waals surface area contributed by atoms with Gasteiger partial charge in [0.1, 0.15) is 12.4 Å². The molecule has 136 valence electrons. The molecular formula is C21H23NO4. The van der Waals surface area contributed by atoms with E-state index in [1.807, 2.05) is 54.6 Å². The highest BCUT2D eigenvalue weighted by Crippen LogP contribution is 2.29. The number of carboxylic acids is 1. The van der Waals surface area contributed by atoms with Gasteiger partial charge in [0.15, 0.2) is 0 Å². The molecule has 0 unspecified atom stereocenters. The van der Waals surface area contributed by atoms with E-state index in [2.05, 4.69) is 5.32 Å². The number of carbonyl (C=O) groups is 2. The summed E-state index contributed by atoms with van der Waals surface area (Å²) in [5.74, 6) is -0.365. The van der Waals surface area contributed by atoms with Crippen molar-refractivity contribution in [3.05, 3.63) is 60.2 Å². The van der Waals surface area contributed by atoms with E-state index in [0.29, 0.717) is 32.3 Å². The maximum atomic E-state index is 12.4. The standard InChI is InChI=1S/C21H23NO4/c23-20(16-8-10-17(11-9-16)21(24)25)22-18-12-6-15(7-13-18)14-26-19-4-2-1-3-5-19/h1-7,12-13,16-17H,8-11,14H2,(H,22,23)(H,24,25). The molecule has 2 aromatic rings. The summed E-state index contributed by atoms with van der Waals surface area (Å²) in [5, 5.41) is 12.0. The molecule has 0 aromatic heterocycles. The van der Waals surface area contributed by atoms with Crippen molar-refractivity contribution in [2.75, 3.05) is 5.32 Å². The Labute approximate surface area is 153 Å². The molecule has 1 aliphatic rings. The van der Waals surface area contributed by atoms with Crippen molar-refractivity contribution in [2.24, 2.45) is 11.8 Å². The van der Waals surface area contributed by atoms with Crippen molar-refractivity contribution in [2.45, 2.75) is 32.3 Å². The molecule has 1 aliphatic carbocycles. The molecule has 5 nitrogen and oxygen atoms in total. The highest BCUT2D eigenvalue weighted by atomic mass is 16.5. The third-order valence-electron chi connectivity index (χ3n) is 4.82. The number of amides is 1. The molecule has 1 saturated carbocycles. The Hall–Kier alpha value is -2.82. The van der Waals surface area contributed by atoms with Gasteiger partial charge in [0.25, 0.3) is 0 Å². The maximum absolute atomic E-state index is 12.4. The van der Waals surface area contributed by atoms with Crippen LogP contribution in [0.15, 0.2) is 54.6 Å². The molecule has 5 heteroatoms. The lowest BCUT2D eigenvalue weighted by molar-refractivity contribution is -0.143. The van der Waals surface area contributed by atoms with Gasteiger partial charge in [0.05, 0.1) is 5.92 Å². The maximum Gasteiger partial charge on any atom is 0.306 e. The third kappa shape index (κ3) is 4.85. The lowest BCUT2D eigenvalue weighted by Crippen LogP contribution is -2.29. The molecule has 0 aliphatic heterocycles. The van der Waals surface area contributed by atoms with Crippen molar-refractivity contribution >= 4 is 17.6 Å². The number of aliphatic carboxylic acids is 1. The van der Waals surface area contributed by atoms with Crippen LogP contribution in [0, 0.1) is 11.8 Å². The predicted octanol–water partition coefficient (Wildman–Crippen LogP) is 4.10. The molecule has 3 rings (SSSR count). The lowest BCUT2D eigenvalue weighted by atomic mass is 9.81. The van der Waals surface area contributed by atoms with Crippen molar-refractivity contribution in [3.63, 3.8) is 0 Å². The van der Waals surface area contributed by atoms with E-state index < -0.39 is 5.97 Å². The van der Waals surface area contributed by atoms with E-state index in [1.165, 1.54) is 0 Å². The Kier molecular flexibility index (Phi) is 5.89. The zero-order valence-electron chi connectivity index (χ0n) is 14.6. The van der Waals surface area contributed by atoms with Crippen LogP contribution >= 0.6 is 0 Å². The molecule has 1 fully saturated rings. The summed E-state index contributed by atoms with van der Waals surface area (Å²) in [6.07, 6.45) is 2.41. The number of hydrogen-bond acceptors (Lipinski definition) is 3. The number of para-hydroxylation sites is 1. The minimum atomic E-state index is -0.753. The molecule has 0 spiro atoms. The molecule has 0 bridgehead atoms. The van der Waals surface area contributed by atoms with Gasteiger partial charge in [0, 0.05) is 11.6 Å². The number of rotatable bonds is 6. The molecule has 1 amide bonds. The zero-order chi connectivity index (χ0) is 18.4. The summed E-state index contributed by atoms with van der Waals surface area (Å²) >= 11 is 0. The highest BCUT2D eigenvalue weighted by Gasteiger charge is 2.29. The highest BCUT2D eigenvalue weighted by molar-refractivity contribution is 5.92. The third-order valence-corrected chi connectivity index (χ3v) is 4.82. The van der Waals surface area contributed by atoms with Crippen molar-refractivity contribution < 1.29 is 19.4 Å². The van der Waals surface area contributed by atoms with Crippen LogP contribution in [-0.2, 0) is 16.2 Å². The van der Waals surface area contributed by atoms with Crippen LogP contribution in [0.2, 0.25) is 0 Å². The SMILES string of the molecule is O=C(O)C1CCC(C(=O)Nc2ccc(COc3ccccc3)cc2)CC1. The fourth-order valence-corrected chi connectivity index (χ4v) is 3.21. The van der Waals surface area contributed by atoms with Crippen LogP contribution in [0.5, 0.6) is 5.75 Å². The van der Waals surface area contributed by atoms with Gasteiger partial charge in [-0.05, 0) is 55.5 Å². The fourth-order valence-electron chi connectivity index (χ4n) is 3.21. The normalized spacial score (nSPS) is 19.5. The first-order valence-corrected chi connectivity index (χ1v) is 8.92. The van der Waals surface area contributed by atoms with Crippen molar-refractivity contribution in [1.82, 2.24) is 0 Å². The second-order valence-corrected chi connectivity index (χ2v) is 6.67. The quantitative estimate of drug-likeness (QED) is 0.820. The Bertz CT molecular complexity index is 734. The number of nitrogens with one attached hydrogen (secondary N) is 1. The summed E-state index contributed by atoms with van der Waals surface area (Å²) in [5.41, 5.74) is 1.77. The van der Waals surface area contributed by atoms with E-state index >= 15 is 0 Å². The van der Waals surface area contributed by atoms with Crippen LogP contribution in [0.25, 0.3) is 0 Å². The fraction of sp³-hybridized carbons (Fsp3) is 0.333. The molecule has 2 aromatic carbocycles. The molecule has 26 heavy (non-hydrogen) atoms. The van der Waals surface area contributed by atoms with E-state index in [1.54, 1.807) is 0 Å². The number of ether oxygens (including phenoxy) is 1. The monoisotopic (exact) mass is 353 g/mol. The largest absolute Gasteiger partial charge is 0.489 e. The first kappa shape index (κ1) is 18.0. The van der Waals surface area contributed by atoms with E-state index in [4.69, 9.17) is 9.84 Å². The van der Waals surface area contributed by atoms with Crippen LogP contribution in [0.1, 0.15) is 31.2 Å². The van der Waals surface area contributed by atoms with Crippen LogP contribution in [0.3, 0.4) is 0 Å². The predicted molar refractivity (Wildman–Crippen MR) is 98.9 cm³/mol. The lowest BCUT2D eigenvalue weighted by Gasteiger charge is -2.25. The van der Waals surface area contributed by atoms with Gasteiger partial charge in [-0.15, -0.1) is 0 Å². The van der Waals surface area contributed by atoms with Crippen LogP contribution < -0.4 is 10.1 Å². The molecular weight excluding hydrogens is 330 g/mol. The smallest absolute Gasteiger partial charge is 0.306 e. The average molecular weight is 353 g/mol. The number of benzene rings is 2. The minimum Gasteiger partial charge on any atom is -0.489 e. The van der Waals surface area contributed by atoms with Crippen molar-refractivity contribution in [3.8, 4) is 5.75 Å². The van der Waals surface area contributed by atoms with E-state index in [9.17, 15) is 9.59 Å². The summed E-state index contributed by atoms with van der Waals surface area (Å²) < 4.78 is 5.70. The molecule has 2 N–H and O–H groups in total. The molecule has 0 atom stereocenters. The average Bonchev–Trinajstić information content (AvgIpc) is 2.68. The summed E-state index contributed by atoms with van der Waals surface area (Å²) in [7, 11) is 0. The second kappa shape index (κ2) is 8.52. The Morgan fingerprint density at radius 1 is 0.923 bits per heavy atom. The minimum absolute atomic E-state index is 0.0258. The Morgan fingerprint density at radius 2 is 1.54 bits per heavy atom. The first-order chi connectivity index (χ1) is 12.6. The molecule has 0 radical (unpaired) electrons. The van der Waals surface area contributed by atoms with Gasteiger partial charge >= 0.3 is 5.97 Å². The number of carbonyl (C=O) groups excluding carboxylic acids is 1. The van der Waals surface area contributed by atoms with Crippen LogP contribution in [0.4, 0.5) is 5.69 Å². The van der Waals surface area contributed by atoms with Gasteiger partial charge in [0.2, 0.25) is 5.91 Å². The summed E-state index contributed by atoms with van der Waals surface area (Å²) in [6, 6.07) is 17.2. The van der Waals surface area contributed by atoms with Gasteiger partial charge in [-0.1, -0.05) is 30.3 Å².